The first kappa shape index (κ1) is 13.6. The van der Waals surface area contributed by atoms with Crippen LogP contribution in [-0.2, 0) is 0 Å². The van der Waals surface area contributed by atoms with Crippen LogP contribution in [0.4, 0.5) is 0 Å². The van der Waals surface area contributed by atoms with Gasteiger partial charge in [0, 0.05) is 5.56 Å². The van der Waals surface area contributed by atoms with E-state index in [2.05, 4.69) is 5.73 Å². The summed E-state index contributed by atoms with van der Waals surface area (Å²) < 4.78 is 0. The van der Waals surface area contributed by atoms with Crippen LogP contribution >= 0.6 is 0 Å². The van der Waals surface area contributed by atoms with Crippen molar-refractivity contribution in [3.8, 4) is 0 Å². The molecule has 1 aliphatic rings. The third-order valence-electron chi connectivity index (χ3n) is 3.68. The second-order valence-electron chi connectivity index (χ2n) is 5.66. The van der Waals surface area contributed by atoms with Crippen molar-refractivity contribution in [1.29, 1.82) is 0 Å². The van der Waals surface area contributed by atoms with Crippen molar-refractivity contribution >= 4 is 11.4 Å². The molecule has 1 heteroatoms. The van der Waals surface area contributed by atoms with Gasteiger partial charge in [0.15, 0.2) is 0 Å². The van der Waals surface area contributed by atoms with Gasteiger partial charge in [-0.3, -0.25) is 4.79 Å². The third-order valence-corrected chi connectivity index (χ3v) is 3.68. The van der Waals surface area contributed by atoms with Gasteiger partial charge in [-0.15, -0.1) is 5.73 Å². The second kappa shape index (κ2) is 5.55. The molecule has 1 aliphatic carbocycles. The topological polar surface area (TPSA) is 17.1 Å². The fraction of sp³-hybridized carbons (Fsp3) is 0.200. The maximum Gasteiger partial charge on any atom is 0.201 e. The Morgan fingerprint density at radius 3 is 1.76 bits per heavy atom. The van der Waals surface area contributed by atoms with Gasteiger partial charge in [0.2, 0.25) is 5.78 Å². The molecule has 0 atom stereocenters. The highest BCUT2D eigenvalue weighted by Crippen LogP contribution is 2.29. The maximum absolute atomic E-state index is 12.8. The Morgan fingerprint density at radius 2 is 1.29 bits per heavy atom. The van der Waals surface area contributed by atoms with Gasteiger partial charge in [-0.2, -0.15) is 0 Å². The zero-order valence-electron chi connectivity index (χ0n) is 12.4. The molecule has 104 valence electrons. The molecule has 21 heavy (non-hydrogen) atoms. The van der Waals surface area contributed by atoms with Gasteiger partial charge in [0.25, 0.3) is 0 Å². The van der Waals surface area contributed by atoms with Crippen LogP contribution in [-0.4, -0.2) is 5.78 Å². The standard InChI is InChI=1S/C20H18O/c1-14-3-9-17(10-4-14)19(13-16-7-8-16)20(21)18-11-5-15(2)6-12-18/h3-6,9-12H,7-8H2,1-2H3. The predicted octanol–water partition coefficient (Wildman–Crippen LogP) is 4.89. The number of rotatable bonds is 3. The molecule has 0 unspecified atom stereocenters. The first-order valence-electron chi connectivity index (χ1n) is 7.30. The van der Waals surface area contributed by atoms with Crippen molar-refractivity contribution in [2.24, 2.45) is 0 Å². The predicted molar refractivity (Wildman–Crippen MR) is 86.4 cm³/mol. The van der Waals surface area contributed by atoms with Crippen molar-refractivity contribution in [3.63, 3.8) is 0 Å². The summed E-state index contributed by atoms with van der Waals surface area (Å²) in [4.78, 5) is 12.8. The third kappa shape index (κ3) is 3.21. The number of hydrogen-bond acceptors (Lipinski definition) is 1. The zero-order valence-corrected chi connectivity index (χ0v) is 12.4. The lowest BCUT2D eigenvalue weighted by Crippen LogP contribution is -2.02. The molecule has 0 spiro atoms. The molecule has 0 radical (unpaired) electrons. The van der Waals surface area contributed by atoms with E-state index < -0.39 is 0 Å². The molecule has 0 bridgehead atoms. The van der Waals surface area contributed by atoms with Crippen LogP contribution in [0.2, 0.25) is 0 Å². The lowest BCUT2D eigenvalue weighted by molar-refractivity contribution is 0.105. The number of benzene rings is 2. The monoisotopic (exact) mass is 274 g/mol. The SMILES string of the molecule is Cc1ccc(C(=O)C(=C=C2CC2)c2ccc(C)cc2)cc1. The minimum Gasteiger partial charge on any atom is -0.288 e. The minimum absolute atomic E-state index is 0.0539. The molecule has 0 aromatic heterocycles. The normalized spacial score (nSPS) is 12.8. The van der Waals surface area contributed by atoms with Gasteiger partial charge in [-0.05, 0) is 37.8 Å². The van der Waals surface area contributed by atoms with E-state index in [1.807, 2.05) is 62.4 Å². The van der Waals surface area contributed by atoms with Crippen molar-refractivity contribution in [2.75, 3.05) is 0 Å². The van der Waals surface area contributed by atoms with Crippen LogP contribution in [0.3, 0.4) is 0 Å². The Balaban J connectivity index is 2.05. The number of allylic oxidation sites excluding steroid dienone is 1. The van der Waals surface area contributed by atoms with E-state index >= 15 is 0 Å². The Hall–Kier alpha value is -2.37. The van der Waals surface area contributed by atoms with Gasteiger partial charge in [-0.1, -0.05) is 59.7 Å². The molecule has 3 rings (SSSR count). The smallest absolute Gasteiger partial charge is 0.201 e. The molecule has 0 N–H and O–H groups in total. The number of ketones is 1. The Labute approximate surface area is 125 Å². The summed E-state index contributed by atoms with van der Waals surface area (Å²) in [5, 5.41) is 0. The van der Waals surface area contributed by atoms with Gasteiger partial charge in [-0.25, -0.2) is 0 Å². The first-order chi connectivity index (χ1) is 10.1. The number of hydrogen-bond donors (Lipinski definition) is 0. The molecule has 0 saturated heterocycles. The van der Waals surface area contributed by atoms with E-state index in [4.69, 9.17) is 0 Å². The van der Waals surface area contributed by atoms with Gasteiger partial charge in [0.1, 0.15) is 0 Å². The summed E-state index contributed by atoms with van der Waals surface area (Å²) in [6, 6.07) is 15.8. The maximum atomic E-state index is 12.8. The molecule has 1 fully saturated rings. The fourth-order valence-electron chi connectivity index (χ4n) is 2.19. The Kier molecular flexibility index (Phi) is 3.60. The van der Waals surface area contributed by atoms with Crippen molar-refractivity contribution in [2.45, 2.75) is 26.7 Å². The molecular formula is C20H18O. The first-order valence-corrected chi connectivity index (χ1v) is 7.30. The van der Waals surface area contributed by atoms with E-state index in [0.717, 1.165) is 29.5 Å². The molecule has 0 amide bonds. The summed E-state index contributed by atoms with van der Waals surface area (Å²) in [6.07, 6.45) is 2.13. The molecule has 1 saturated carbocycles. The number of aryl methyl sites for hydroxylation is 2. The van der Waals surface area contributed by atoms with Gasteiger partial charge >= 0.3 is 0 Å². The number of carbonyl (C=O) groups excluding carboxylic acids is 1. The summed E-state index contributed by atoms with van der Waals surface area (Å²) in [7, 11) is 0. The van der Waals surface area contributed by atoms with Gasteiger partial charge in [0.05, 0.1) is 5.57 Å². The van der Waals surface area contributed by atoms with Gasteiger partial charge < -0.3 is 0 Å². The van der Waals surface area contributed by atoms with Crippen molar-refractivity contribution in [1.82, 2.24) is 0 Å². The van der Waals surface area contributed by atoms with E-state index in [-0.39, 0.29) is 5.78 Å². The van der Waals surface area contributed by atoms with E-state index in [0.29, 0.717) is 5.57 Å². The lowest BCUT2D eigenvalue weighted by Gasteiger charge is -2.06. The average molecular weight is 274 g/mol. The Morgan fingerprint density at radius 1 is 0.810 bits per heavy atom. The molecular weight excluding hydrogens is 256 g/mol. The van der Waals surface area contributed by atoms with Crippen LogP contribution in [0.1, 0.15) is 39.9 Å². The van der Waals surface area contributed by atoms with Crippen LogP contribution < -0.4 is 0 Å². The highest BCUT2D eigenvalue weighted by molar-refractivity contribution is 6.28. The quantitative estimate of drug-likeness (QED) is 0.442. The van der Waals surface area contributed by atoms with Crippen molar-refractivity contribution in [3.05, 3.63) is 82.1 Å². The molecule has 2 aromatic carbocycles. The summed E-state index contributed by atoms with van der Waals surface area (Å²) >= 11 is 0. The van der Waals surface area contributed by atoms with Crippen molar-refractivity contribution < 1.29 is 4.79 Å². The molecule has 0 heterocycles. The Bertz CT molecular complexity index is 733. The highest BCUT2D eigenvalue weighted by atomic mass is 16.1. The molecule has 1 nitrogen and oxygen atoms in total. The number of carbonyl (C=O) groups is 1. The zero-order chi connectivity index (χ0) is 14.8. The minimum atomic E-state index is 0.0539. The molecule has 0 aliphatic heterocycles. The van der Waals surface area contributed by atoms with E-state index in [1.54, 1.807) is 0 Å². The van der Waals surface area contributed by atoms with E-state index in [1.165, 1.54) is 11.1 Å². The summed E-state index contributed by atoms with van der Waals surface area (Å²) in [6.45, 7) is 4.07. The van der Waals surface area contributed by atoms with Crippen LogP contribution in [0, 0.1) is 13.8 Å². The largest absolute Gasteiger partial charge is 0.288 e. The van der Waals surface area contributed by atoms with Crippen LogP contribution in [0.15, 0.2) is 59.8 Å². The summed E-state index contributed by atoms with van der Waals surface area (Å²) in [5.74, 6) is 0.0539. The summed E-state index contributed by atoms with van der Waals surface area (Å²) in [5.41, 5.74) is 9.28. The molecule has 2 aromatic rings. The van der Waals surface area contributed by atoms with Crippen LogP contribution in [0.5, 0.6) is 0 Å². The fourth-order valence-corrected chi connectivity index (χ4v) is 2.19. The average Bonchev–Trinajstić information content (AvgIpc) is 3.30. The lowest BCUT2D eigenvalue weighted by atomic mass is 9.96. The van der Waals surface area contributed by atoms with E-state index in [9.17, 15) is 4.79 Å². The highest BCUT2D eigenvalue weighted by Gasteiger charge is 2.17. The second-order valence-corrected chi connectivity index (χ2v) is 5.66. The number of Topliss-reactive ketones (excluding diaryl/α,β-unsaturated/α-hetero) is 1. The van der Waals surface area contributed by atoms with Crippen LogP contribution in [0.25, 0.3) is 5.57 Å².